The minimum atomic E-state index is -3.74. The van der Waals surface area contributed by atoms with Crippen LogP contribution in [0.3, 0.4) is 0 Å². The second-order valence-corrected chi connectivity index (χ2v) is 7.89. The van der Waals surface area contributed by atoms with E-state index in [2.05, 4.69) is 15.6 Å². The molecule has 2 N–H and O–H groups in total. The Balaban J connectivity index is 1.90. The third-order valence-electron chi connectivity index (χ3n) is 3.77. The van der Waals surface area contributed by atoms with E-state index in [1.165, 1.54) is 30.3 Å². The van der Waals surface area contributed by atoms with E-state index in [4.69, 9.17) is 0 Å². The van der Waals surface area contributed by atoms with Crippen molar-refractivity contribution < 1.29 is 17.2 Å². The van der Waals surface area contributed by atoms with Gasteiger partial charge in [0.15, 0.2) is 15.8 Å². The molecule has 2 aromatic carbocycles. The lowest BCUT2D eigenvalue weighted by atomic mass is 10.1. The van der Waals surface area contributed by atoms with Gasteiger partial charge in [-0.2, -0.15) is 0 Å². The molecule has 0 aliphatic carbocycles. The monoisotopic (exact) mass is 395 g/mol. The number of hydrogen-bond acceptors (Lipinski definition) is 3. The number of nitrogens with zero attached hydrogens (tertiary/aromatic N) is 1. The van der Waals surface area contributed by atoms with Crippen LogP contribution < -0.4 is 10.6 Å². The third kappa shape index (κ3) is 6.63. The summed E-state index contributed by atoms with van der Waals surface area (Å²) in [7, 11) is -3.74. The van der Waals surface area contributed by atoms with Crippen LogP contribution >= 0.6 is 0 Å². The van der Waals surface area contributed by atoms with Crippen molar-refractivity contribution in [3.8, 4) is 0 Å². The number of sulfone groups is 1. The topological polar surface area (TPSA) is 70.6 Å². The summed E-state index contributed by atoms with van der Waals surface area (Å²) in [6.45, 7) is 3.07. The Bertz CT molecular complexity index is 869. The van der Waals surface area contributed by atoms with Crippen LogP contribution in [-0.4, -0.2) is 39.8 Å². The highest BCUT2D eigenvalue weighted by Gasteiger charge is 2.18. The summed E-state index contributed by atoms with van der Waals surface area (Å²) in [5.41, 5.74) is 0.974. The maximum absolute atomic E-state index is 13.7. The number of aliphatic imine (C=N–C) groups is 1. The molecular weight excluding hydrogens is 372 g/mol. The lowest BCUT2D eigenvalue weighted by Crippen LogP contribution is -2.38. The van der Waals surface area contributed by atoms with E-state index in [0.717, 1.165) is 11.6 Å². The van der Waals surface area contributed by atoms with Crippen molar-refractivity contribution in [3.63, 3.8) is 0 Å². The normalized spacial score (nSPS) is 12.0. The van der Waals surface area contributed by atoms with E-state index >= 15 is 0 Å². The lowest BCUT2D eigenvalue weighted by molar-refractivity contribution is 0.567. The fraction of sp³-hybridized carbons (Fsp3) is 0.316. The number of benzene rings is 2. The number of rotatable bonds is 8. The molecule has 0 aliphatic heterocycles. The van der Waals surface area contributed by atoms with Crippen LogP contribution in [0.25, 0.3) is 0 Å². The molecule has 5 nitrogen and oxygen atoms in total. The second-order valence-electron chi connectivity index (χ2n) is 5.81. The van der Waals surface area contributed by atoms with Crippen LogP contribution in [0.15, 0.2) is 58.4 Å². The second kappa shape index (κ2) is 10.0. The molecule has 0 amide bonds. The number of nitrogens with one attached hydrogen (secondary N) is 2. The quantitative estimate of drug-likeness (QED) is 0.532. The summed E-state index contributed by atoms with van der Waals surface area (Å²) in [6.07, 6.45) is 0.665. The Morgan fingerprint density at radius 3 is 2.41 bits per heavy atom. The van der Waals surface area contributed by atoms with Crippen molar-refractivity contribution in [2.24, 2.45) is 4.99 Å². The molecule has 0 spiro atoms. The summed E-state index contributed by atoms with van der Waals surface area (Å²) in [4.78, 5) is 3.92. The van der Waals surface area contributed by atoms with Crippen molar-refractivity contribution in [2.45, 2.75) is 18.2 Å². The molecule has 0 radical (unpaired) electrons. The van der Waals surface area contributed by atoms with Crippen molar-refractivity contribution in [2.75, 3.05) is 25.4 Å². The summed E-state index contributed by atoms with van der Waals surface area (Å²) in [5, 5.41) is 6.12. The standard InChI is InChI=1S/C19H23F2N3O2S/c1-2-22-19(23-12-11-15-7-9-16(20)10-8-15)24-13-14-27(25,26)18-6-4-3-5-17(18)21/h3-10H,2,11-14H2,1H3,(H2,22,23,24). The molecule has 0 atom stereocenters. The molecule has 0 heterocycles. The van der Waals surface area contributed by atoms with Crippen LogP contribution in [-0.2, 0) is 16.3 Å². The Hall–Kier alpha value is -2.48. The number of hydrogen-bond donors (Lipinski definition) is 2. The maximum atomic E-state index is 13.7. The molecule has 0 aromatic heterocycles. The zero-order valence-corrected chi connectivity index (χ0v) is 15.9. The lowest BCUT2D eigenvalue weighted by Gasteiger charge is -2.11. The molecular formula is C19H23F2N3O2S. The number of halogens is 2. The van der Waals surface area contributed by atoms with Crippen LogP contribution in [0.5, 0.6) is 0 Å². The van der Waals surface area contributed by atoms with Crippen LogP contribution in [0.1, 0.15) is 12.5 Å². The molecule has 0 unspecified atom stereocenters. The smallest absolute Gasteiger partial charge is 0.191 e. The number of guanidine groups is 1. The highest BCUT2D eigenvalue weighted by atomic mass is 32.2. The van der Waals surface area contributed by atoms with Crippen LogP contribution in [0, 0.1) is 11.6 Å². The van der Waals surface area contributed by atoms with Gasteiger partial charge < -0.3 is 10.6 Å². The van der Waals surface area contributed by atoms with Crippen LogP contribution in [0.2, 0.25) is 0 Å². The van der Waals surface area contributed by atoms with Gasteiger partial charge in [0.1, 0.15) is 16.5 Å². The summed E-state index contributed by atoms with van der Waals surface area (Å²) < 4.78 is 51.1. The molecule has 0 fully saturated rings. The third-order valence-corrected chi connectivity index (χ3v) is 5.49. The minimum absolute atomic E-state index is 0.00253. The van der Waals surface area contributed by atoms with E-state index in [1.54, 1.807) is 12.1 Å². The van der Waals surface area contributed by atoms with E-state index < -0.39 is 15.7 Å². The van der Waals surface area contributed by atoms with Gasteiger partial charge in [0.05, 0.1) is 12.3 Å². The van der Waals surface area contributed by atoms with Gasteiger partial charge in [-0.3, -0.25) is 4.99 Å². The van der Waals surface area contributed by atoms with Gasteiger partial charge in [-0.05, 0) is 43.2 Å². The van der Waals surface area contributed by atoms with Crippen molar-refractivity contribution in [1.82, 2.24) is 10.6 Å². The fourth-order valence-corrected chi connectivity index (χ4v) is 3.61. The summed E-state index contributed by atoms with van der Waals surface area (Å²) >= 11 is 0. The zero-order valence-electron chi connectivity index (χ0n) is 15.1. The van der Waals surface area contributed by atoms with Gasteiger partial charge >= 0.3 is 0 Å². The first-order chi connectivity index (χ1) is 12.9. The van der Waals surface area contributed by atoms with E-state index in [0.29, 0.717) is 25.5 Å². The summed E-state index contributed by atoms with van der Waals surface area (Å²) in [5.74, 6) is -0.852. The van der Waals surface area contributed by atoms with E-state index in [9.17, 15) is 17.2 Å². The van der Waals surface area contributed by atoms with Crippen molar-refractivity contribution >= 4 is 15.8 Å². The molecule has 27 heavy (non-hydrogen) atoms. The van der Waals surface area contributed by atoms with E-state index in [1.807, 2.05) is 6.92 Å². The highest BCUT2D eigenvalue weighted by molar-refractivity contribution is 7.91. The van der Waals surface area contributed by atoms with E-state index in [-0.39, 0.29) is 23.0 Å². The average molecular weight is 395 g/mol. The Morgan fingerprint density at radius 2 is 1.74 bits per heavy atom. The molecule has 2 rings (SSSR count). The Kier molecular flexibility index (Phi) is 7.72. The predicted molar refractivity (Wildman–Crippen MR) is 103 cm³/mol. The summed E-state index contributed by atoms with van der Waals surface area (Å²) in [6, 6.07) is 11.5. The van der Waals surface area contributed by atoms with Gasteiger partial charge in [0.25, 0.3) is 0 Å². The predicted octanol–water partition coefficient (Wildman–Crippen LogP) is 2.54. The first-order valence-corrected chi connectivity index (χ1v) is 10.3. The van der Waals surface area contributed by atoms with Crippen molar-refractivity contribution in [3.05, 3.63) is 65.7 Å². The fourth-order valence-electron chi connectivity index (χ4n) is 2.40. The van der Waals surface area contributed by atoms with Gasteiger partial charge in [-0.1, -0.05) is 24.3 Å². The van der Waals surface area contributed by atoms with Gasteiger partial charge in [-0.25, -0.2) is 17.2 Å². The molecule has 8 heteroatoms. The van der Waals surface area contributed by atoms with Gasteiger partial charge in [0, 0.05) is 13.1 Å². The average Bonchev–Trinajstić information content (AvgIpc) is 2.63. The highest BCUT2D eigenvalue weighted by Crippen LogP contribution is 2.15. The Labute approximate surface area is 158 Å². The first-order valence-electron chi connectivity index (χ1n) is 8.66. The van der Waals surface area contributed by atoms with Gasteiger partial charge in [-0.15, -0.1) is 0 Å². The van der Waals surface area contributed by atoms with Gasteiger partial charge in [0.2, 0.25) is 0 Å². The molecule has 146 valence electrons. The minimum Gasteiger partial charge on any atom is -0.357 e. The molecule has 2 aromatic rings. The molecule has 0 saturated carbocycles. The maximum Gasteiger partial charge on any atom is 0.191 e. The largest absolute Gasteiger partial charge is 0.357 e. The van der Waals surface area contributed by atoms with Crippen molar-refractivity contribution in [1.29, 1.82) is 0 Å². The first kappa shape index (κ1) is 20.8. The molecule has 0 saturated heterocycles. The molecule has 0 bridgehead atoms. The SMILES string of the molecule is CCNC(=NCCS(=O)(=O)c1ccccc1F)NCCc1ccc(F)cc1. The molecule has 0 aliphatic rings. The zero-order chi connectivity index (χ0) is 19.7. The Morgan fingerprint density at radius 1 is 1.04 bits per heavy atom. The van der Waals surface area contributed by atoms with Crippen LogP contribution in [0.4, 0.5) is 8.78 Å².